The summed E-state index contributed by atoms with van der Waals surface area (Å²) in [6.45, 7) is 6.66. The number of aromatic nitrogens is 2. The van der Waals surface area contributed by atoms with E-state index in [1.807, 2.05) is 0 Å². The van der Waals surface area contributed by atoms with Crippen LogP contribution < -0.4 is 15.5 Å². The van der Waals surface area contributed by atoms with Gasteiger partial charge in [0.15, 0.2) is 11.6 Å². The van der Waals surface area contributed by atoms with Crippen molar-refractivity contribution in [2.75, 3.05) is 28.6 Å². The smallest absolute Gasteiger partial charge is 0.157 e. The normalized spacial score (nSPS) is 25.7. The third kappa shape index (κ3) is 3.24. The molecule has 23 heavy (non-hydrogen) atoms. The van der Waals surface area contributed by atoms with Crippen molar-refractivity contribution in [3.05, 3.63) is 6.33 Å². The predicted octanol–water partition coefficient (Wildman–Crippen LogP) is 3.60. The van der Waals surface area contributed by atoms with E-state index in [1.165, 1.54) is 38.5 Å². The number of nitrogens with two attached hydrogens (primary N) is 1. The number of anilines is 3. The predicted molar refractivity (Wildman–Crippen MR) is 97.0 cm³/mol. The van der Waals surface area contributed by atoms with Crippen molar-refractivity contribution in [3.8, 4) is 0 Å². The molecule has 2 saturated heterocycles. The molecule has 128 valence electrons. The van der Waals surface area contributed by atoms with Gasteiger partial charge < -0.3 is 15.5 Å². The van der Waals surface area contributed by atoms with E-state index in [9.17, 15) is 0 Å². The summed E-state index contributed by atoms with van der Waals surface area (Å²) < 4.78 is 0. The highest BCUT2D eigenvalue weighted by molar-refractivity contribution is 5.76. The molecule has 3 heterocycles. The standard InChI is InChI=1S/C18H31N5/c1-3-14-9-5-7-11-22(14)17-16(19)18(21-13-20-17)23-12-8-6-10-15(23)4-2/h13-15H,3-12,19H2,1-2H3. The molecule has 0 saturated carbocycles. The van der Waals surface area contributed by atoms with Crippen LogP contribution in [-0.4, -0.2) is 35.1 Å². The molecule has 2 aliphatic rings. The Morgan fingerprint density at radius 1 is 0.913 bits per heavy atom. The molecule has 5 nitrogen and oxygen atoms in total. The lowest BCUT2D eigenvalue weighted by Gasteiger charge is -2.39. The molecule has 0 aliphatic carbocycles. The molecular formula is C18H31N5. The molecular weight excluding hydrogens is 286 g/mol. The molecule has 2 atom stereocenters. The SMILES string of the molecule is CCC1CCCCN1c1ncnc(N2CCCCC2CC)c1N. The van der Waals surface area contributed by atoms with Crippen LogP contribution in [0.4, 0.5) is 17.3 Å². The monoisotopic (exact) mass is 317 g/mol. The molecule has 1 aromatic heterocycles. The zero-order valence-corrected chi connectivity index (χ0v) is 14.7. The summed E-state index contributed by atoms with van der Waals surface area (Å²) in [5.41, 5.74) is 7.36. The highest BCUT2D eigenvalue weighted by atomic mass is 15.3. The maximum atomic E-state index is 6.57. The van der Waals surface area contributed by atoms with Gasteiger partial charge in [0.25, 0.3) is 0 Å². The van der Waals surface area contributed by atoms with Crippen molar-refractivity contribution in [2.45, 2.75) is 77.3 Å². The van der Waals surface area contributed by atoms with Crippen molar-refractivity contribution in [3.63, 3.8) is 0 Å². The van der Waals surface area contributed by atoms with Gasteiger partial charge in [0.2, 0.25) is 0 Å². The fraction of sp³-hybridized carbons (Fsp3) is 0.778. The van der Waals surface area contributed by atoms with Gasteiger partial charge in [0.05, 0.1) is 0 Å². The Balaban J connectivity index is 1.91. The van der Waals surface area contributed by atoms with Crippen LogP contribution in [0, 0.1) is 0 Å². The Kier molecular flexibility index (Phi) is 5.23. The second-order valence-electron chi connectivity index (χ2n) is 6.94. The van der Waals surface area contributed by atoms with Gasteiger partial charge in [-0.1, -0.05) is 13.8 Å². The van der Waals surface area contributed by atoms with Gasteiger partial charge in [-0.05, 0) is 51.4 Å². The lowest BCUT2D eigenvalue weighted by Crippen LogP contribution is -2.42. The van der Waals surface area contributed by atoms with Crippen molar-refractivity contribution < 1.29 is 0 Å². The summed E-state index contributed by atoms with van der Waals surface area (Å²) in [6.07, 6.45) is 11.6. The third-order valence-electron chi connectivity index (χ3n) is 5.58. The molecule has 2 aliphatic heterocycles. The molecule has 3 rings (SSSR count). The lowest BCUT2D eigenvalue weighted by molar-refractivity contribution is 0.442. The van der Waals surface area contributed by atoms with Crippen molar-refractivity contribution >= 4 is 17.3 Å². The molecule has 1 aromatic rings. The molecule has 5 heteroatoms. The van der Waals surface area contributed by atoms with Crippen molar-refractivity contribution in [1.82, 2.24) is 9.97 Å². The first-order valence-corrected chi connectivity index (χ1v) is 9.40. The number of nitrogens with zero attached hydrogens (tertiary/aromatic N) is 4. The van der Waals surface area contributed by atoms with E-state index in [0.29, 0.717) is 12.1 Å². The maximum Gasteiger partial charge on any atom is 0.157 e. The quantitative estimate of drug-likeness (QED) is 0.919. The molecule has 0 spiro atoms. The minimum atomic E-state index is 0.567. The Bertz CT molecular complexity index is 476. The van der Waals surface area contributed by atoms with E-state index in [4.69, 9.17) is 5.73 Å². The summed E-state index contributed by atoms with van der Waals surface area (Å²) in [5.74, 6) is 1.92. The van der Waals surface area contributed by atoms with E-state index in [2.05, 4.69) is 33.6 Å². The van der Waals surface area contributed by atoms with Crippen molar-refractivity contribution in [2.24, 2.45) is 0 Å². The Hall–Kier alpha value is -1.52. The van der Waals surface area contributed by atoms with Crippen LogP contribution in [0.5, 0.6) is 0 Å². The molecule has 0 amide bonds. The molecule has 0 bridgehead atoms. The minimum absolute atomic E-state index is 0.567. The summed E-state index contributed by atoms with van der Waals surface area (Å²) in [5, 5.41) is 0. The van der Waals surface area contributed by atoms with Gasteiger partial charge >= 0.3 is 0 Å². The number of piperidine rings is 2. The van der Waals surface area contributed by atoms with E-state index < -0.39 is 0 Å². The van der Waals surface area contributed by atoms with Crippen LogP contribution >= 0.6 is 0 Å². The van der Waals surface area contributed by atoms with Gasteiger partial charge in [-0.25, -0.2) is 9.97 Å². The highest BCUT2D eigenvalue weighted by Crippen LogP contribution is 2.36. The number of rotatable bonds is 4. The van der Waals surface area contributed by atoms with E-state index in [0.717, 1.165) is 43.3 Å². The first-order chi connectivity index (χ1) is 11.3. The van der Waals surface area contributed by atoms with E-state index in [1.54, 1.807) is 6.33 Å². The summed E-state index contributed by atoms with van der Waals surface area (Å²) in [4.78, 5) is 14.0. The van der Waals surface area contributed by atoms with Crippen LogP contribution in [-0.2, 0) is 0 Å². The second-order valence-corrected chi connectivity index (χ2v) is 6.94. The summed E-state index contributed by atoms with van der Waals surface area (Å²) in [6, 6.07) is 1.13. The Morgan fingerprint density at radius 3 is 1.83 bits per heavy atom. The Morgan fingerprint density at radius 2 is 1.39 bits per heavy atom. The molecule has 2 unspecified atom stereocenters. The summed E-state index contributed by atoms with van der Waals surface area (Å²) >= 11 is 0. The highest BCUT2D eigenvalue weighted by Gasteiger charge is 2.28. The first-order valence-electron chi connectivity index (χ1n) is 9.40. The van der Waals surface area contributed by atoms with Crippen LogP contribution in [0.25, 0.3) is 0 Å². The lowest BCUT2D eigenvalue weighted by atomic mass is 9.99. The zero-order valence-electron chi connectivity index (χ0n) is 14.7. The van der Waals surface area contributed by atoms with Gasteiger partial charge in [0, 0.05) is 25.2 Å². The van der Waals surface area contributed by atoms with Crippen LogP contribution in [0.3, 0.4) is 0 Å². The largest absolute Gasteiger partial charge is 0.393 e. The fourth-order valence-corrected chi connectivity index (χ4v) is 4.24. The molecule has 2 fully saturated rings. The minimum Gasteiger partial charge on any atom is -0.393 e. The van der Waals surface area contributed by atoms with Crippen molar-refractivity contribution in [1.29, 1.82) is 0 Å². The Labute approximate surface area is 140 Å². The second kappa shape index (κ2) is 7.37. The van der Waals surface area contributed by atoms with Gasteiger partial charge in [0.1, 0.15) is 12.0 Å². The fourth-order valence-electron chi connectivity index (χ4n) is 4.24. The number of hydrogen-bond acceptors (Lipinski definition) is 5. The maximum absolute atomic E-state index is 6.57. The van der Waals surface area contributed by atoms with E-state index >= 15 is 0 Å². The number of nitrogen functional groups attached to an aromatic ring is 1. The first kappa shape index (κ1) is 16.3. The average Bonchev–Trinajstić information content (AvgIpc) is 2.62. The average molecular weight is 317 g/mol. The van der Waals surface area contributed by atoms with Gasteiger partial charge in [-0.3, -0.25) is 0 Å². The van der Waals surface area contributed by atoms with Crippen LogP contribution in [0.15, 0.2) is 6.33 Å². The summed E-state index contributed by atoms with van der Waals surface area (Å²) in [7, 11) is 0. The molecule has 2 N–H and O–H groups in total. The molecule has 0 radical (unpaired) electrons. The van der Waals surface area contributed by atoms with E-state index in [-0.39, 0.29) is 0 Å². The number of hydrogen-bond donors (Lipinski definition) is 1. The van der Waals surface area contributed by atoms with Crippen LogP contribution in [0.1, 0.15) is 65.2 Å². The molecule has 0 aromatic carbocycles. The van der Waals surface area contributed by atoms with Gasteiger partial charge in [-0.2, -0.15) is 0 Å². The zero-order chi connectivity index (χ0) is 16.2. The van der Waals surface area contributed by atoms with Gasteiger partial charge in [-0.15, -0.1) is 0 Å². The van der Waals surface area contributed by atoms with Crippen LogP contribution in [0.2, 0.25) is 0 Å². The topological polar surface area (TPSA) is 58.3 Å². The third-order valence-corrected chi connectivity index (χ3v) is 5.58.